The molecule has 0 saturated carbocycles. The average Bonchev–Trinajstić information content (AvgIpc) is 3.84. The summed E-state index contributed by atoms with van der Waals surface area (Å²) >= 11 is 1.34. The summed E-state index contributed by atoms with van der Waals surface area (Å²) in [6, 6.07) is 11.2. The van der Waals surface area contributed by atoms with Gasteiger partial charge in [-0.25, -0.2) is 14.8 Å². The second kappa shape index (κ2) is 29.6. The number of carbonyl (C=O) groups excluding carboxylic acids is 6. The van der Waals surface area contributed by atoms with Crippen molar-refractivity contribution in [2.24, 2.45) is 23.7 Å². The first kappa shape index (κ1) is 57.1. The number of ketones is 2. The number of piperidine rings is 1. The fraction of sp³-hybridized carbons (Fsp3) is 0.608. The Balaban J connectivity index is 1.44. The van der Waals surface area contributed by atoms with Crippen molar-refractivity contribution in [1.29, 1.82) is 0 Å². The predicted octanol–water partition coefficient (Wildman–Crippen LogP) is 9.10. The fourth-order valence-corrected chi connectivity index (χ4v) is 11.0. The molecule has 0 radical (unpaired) electrons. The van der Waals surface area contributed by atoms with Crippen LogP contribution in [0.4, 0.5) is 4.79 Å². The maximum Gasteiger partial charge on any atom is 0.407 e. The Hall–Kier alpha value is -4.52. The number of amides is 3. The molecular weight excluding hydrogens is 937 g/mol. The lowest BCUT2D eigenvalue weighted by Crippen LogP contribution is -2.50. The number of rotatable bonds is 29. The first-order chi connectivity index (χ1) is 33.0. The summed E-state index contributed by atoms with van der Waals surface area (Å²) in [6.07, 6.45) is 6.56. The number of likely N-dealkylation sites (tertiary alicyclic amines) is 1. The number of nitrogens with one attached hydrogen (secondary N) is 2. The molecule has 69 heavy (non-hydrogen) atoms. The summed E-state index contributed by atoms with van der Waals surface area (Å²) in [5.74, 6) is -2.01. The lowest BCUT2D eigenvalue weighted by atomic mass is 9.82. The number of Topliss-reactive ketones (excluding diaryl/α,β-unsaturated/α-hetero) is 2. The van der Waals surface area contributed by atoms with Crippen LogP contribution < -0.4 is 10.6 Å². The van der Waals surface area contributed by atoms with Gasteiger partial charge in [0.25, 0.3) is 5.91 Å². The zero-order chi connectivity index (χ0) is 50.5. The third-order valence-electron chi connectivity index (χ3n) is 12.8. The summed E-state index contributed by atoms with van der Waals surface area (Å²) in [5, 5.41) is 18.8. The van der Waals surface area contributed by atoms with Crippen LogP contribution in [-0.4, -0.2) is 118 Å². The van der Waals surface area contributed by atoms with Crippen molar-refractivity contribution in [3.05, 3.63) is 70.3 Å². The van der Waals surface area contributed by atoms with Gasteiger partial charge < -0.3 is 30.1 Å². The van der Waals surface area contributed by atoms with E-state index < -0.39 is 35.8 Å². The van der Waals surface area contributed by atoms with Gasteiger partial charge in [0, 0.05) is 60.0 Å². The number of nitrogens with zero attached hydrogens (tertiary/aromatic N) is 4. The molecule has 3 amide bonds. The van der Waals surface area contributed by atoms with Gasteiger partial charge in [-0.05, 0) is 105 Å². The zero-order valence-corrected chi connectivity index (χ0v) is 44.1. The van der Waals surface area contributed by atoms with Gasteiger partial charge >= 0.3 is 12.1 Å². The Labute approximate surface area is 420 Å². The normalized spacial score (nSPS) is 16.6. The third kappa shape index (κ3) is 19.0. The number of phenols is 1. The molecule has 1 saturated heterocycles. The van der Waals surface area contributed by atoms with Crippen LogP contribution in [0.1, 0.15) is 133 Å². The van der Waals surface area contributed by atoms with Gasteiger partial charge in [-0.1, -0.05) is 90.3 Å². The van der Waals surface area contributed by atoms with E-state index in [0.717, 1.165) is 36.4 Å². The number of likely N-dealkylation sites (N-methyl/N-ethyl adjacent to an activating group) is 1. The Morgan fingerprint density at radius 1 is 0.986 bits per heavy atom. The van der Waals surface area contributed by atoms with E-state index in [1.807, 2.05) is 66.8 Å². The second-order valence-electron chi connectivity index (χ2n) is 18.6. The number of hydrogen-bond acceptors (Lipinski definition) is 15. The highest BCUT2D eigenvalue weighted by molar-refractivity contribution is 8.76. The minimum atomic E-state index is -0.694. The number of benzene rings is 1. The summed E-state index contributed by atoms with van der Waals surface area (Å²) in [4.78, 5) is 93.9. The summed E-state index contributed by atoms with van der Waals surface area (Å²) in [5.41, 5.74) is 1.05. The summed E-state index contributed by atoms with van der Waals surface area (Å²) in [7, 11) is 4.95. The molecule has 1 unspecified atom stereocenters. The van der Waals surface area contributed by atoms with Crippen LogP contribution in [0.25, 0.3) is 0 Å². The number of hydrogen-bond donors (Lipinski definition) is 3. The molecule has 0 aliphatic carbocycles. The van der Waals surface area contributed by atoms with Crippen molar-refractivity contribution in [2.45, 2.75) is 142 Å². The summed E-state index contributed by atoms with van der Waals surface area (Å²) < 4.78 is 11.0. The third-order valence-corrected chi connectivity index (χ3v) is 16.1. The van der Waals surface area contributed by atoms with E-state index in [2.05, 4.69) is 20.5 Å². The van der Waals surface area contributed by atoms with Crippen molar-refractivity contribution < 1.29 is 43.3 Å². The topological polar surface area (TPSA) is 197 Å². The van der Waals surface area contributed by atoms with Crippen LogP contribution in [0, 0.1) is 23.7 Å². The van der Waals surface area contributed by atoms with Gasteiger partial charge in [0.1, 0.15) is 23.1 Å². The number of phenolic OH excluding ortho intramolecular Hbond substituents is 1. The molecule has 0 spiro atoms. The van der Waals surface area contributed by atoms with Crippen molar-refractivity contribution in [3.63, 3.8) is 0 Å². The highest BCUT2D eigenvalue weighted by Crippen LogP contribution is 2.33. The van der Waals surface area contributed by atoms with Gasteiger partial charge in [-0.15, -0.1) is 11.3 Å². The van der Waals surface area contributed by atoms with Crippen LogP contribution in [0.15, 0.2) is 59.1 Å². The molecule has 3 N–H and O–H groups in total. The van der Waals surface area contributed by atoms with Gasteiger partial charge in [0.2, 0.25) is 5.91 Å². The fourth-order valence-electron chi connectivity index (χ4n) is 8.42. The van der Waals surface area contributed by atoms with E-state index in [0.29, 0.717) is 36.4 Å². The summed E-state index contributed by atoms with van der Waals surface area (Å²) in [6.45, 7) is 14.3. The molecule has 1 aliphatic heterocycles. The van der Waals surface area contributed by atoms with Gasteiger partial charge in [-0.2, -0.15) is 0 Å². The molecular formula is C51H74N6O9S3. The molecule has 3 heterocycles. The highest BCUT2D eigenvalue weighted by atomic mass is 33.1. The molecule has 4 rings (SSSR count). The average molecular weight is 1010 g/mol. The Kier molecular flexibility index (Phi) is 24.5. The number of pyridine rings is 1. The molecule has 2 aromatic heterocycles. The largest absolute Gasteiger partial charge is 0.508 e. The number of aromatic nitrogens is 2. The van der Waals surface area contributed by atoms with Crippen molar-refractivity contribution >= 4 is 68.4 Å². The van der Waals surface area contributed by atoms with Gasteiger partial charge in [0.05, 0.1) is 17.6 Å². The van der Waals surface area contributed by atoms with E-state index >= 15 is 0 Å². The molecule has 1 fully saturated rings. The molecule has 7 atom stereocenters. The maximum absolute atomic E-state index is 14.8. The van der Waals surface area contributed by atoms with Gasteiger partial charge in [-0.3, -0.25) is 28.9 Å². The number of ether oxygens (including phenoxy) is 2. The molecule has 3 aromatic rings. The molecule has 18 heteroatoms. The lowest BCUT2D eigenvalue weighted by molar-refractivity contribution is -0.160. The molecule has 380 valence electrons. The van der Waals surface area contributed by atoms with Crippen LogP contribution >= 0.6 is 32.9 Å². The molecule has 0 bridgehead atoms. The Morgan fingerprint density at radius 2 is 1.74 bits per heavy atom. The predicted molar refractivity (Wildman–Crippen MR) is 273 cm³/mol. The van der Waals surface area contributed by atoms with Gasteiger partial charge in [0.15, 0.2) is 18.3 Å². The number of thiazole rings is 1. The van der Waals surface area contributed by atoms with E-state index in [9.17, 15) is 33.9 Å². The van der Waals surface area contributed by atoms with E-state index in [1.165, 1.54) is 32.9 Å². The number of esters is 1. The van der Waals surface area contributed by atoms with E-state index in [1.54, 1.807) is 47.7 Å². The standard InChI is InChI=1S/C51H74N6O9S3/c1-9-15-47(61)66-32-57(50(63)40(34(5)10-2)29-44(59)42-16-12-14-23-56(42)8)43(33(3)4)27-36(7)49-55-41(31-67-49)48(62)54-38(28-37-18-20-39(58)21-19-37)26-35(6)45(60)30-53-51(64)65-24-25-68-69-46-17-11-13-22-52-46/h11,13,17-22,31,33-36,38,40,42-43,58H,9-10,12,14-16,23-30,32H2,1-8H3,(H,53,64)(H,54,62)/t34?,35-,36+,38+,40-,42+,43+/m0/s1. The number of alkyl carbamates (subject to hydrolysis) is 1. The van der Waals surface area contributed by atoms with Crippen molar-refractivity contribution in [1.82, 2.24) is 30.4 Å². The number of aromatic hydroxyl groups is 1. The smallest absolute Gasteiger partial charge is 0.407 e. The van der Waals surface area contributed by atoms with E-state index in [-0.39, 0.29) is 97.9 Å². The number of carbonyl (C=O) groups is 6. The Bertz CT molecular complexity index is 2090. The highest BCUT2D eigenvalue weighted by Gasteiger charge is 2.39. The SMILES string of the molecule is CCCC(=O)OCN(C(=O)[C@@H](CC(=O)[C@H]1CCCCN1C)C(C)CC)[C@H](C[C@@H](C)c1nc(C(=O)N[C@@H](Cc2ccc(O)cc2)C[C@H](C)C(=O)CNC(=O)OCCSSc2ccccn2)cs1)C(C)C. The molecule has 1 aliphatic rings. The lowest BCUT2D eigenvalue weighted by Gasteiger charge is -2.39. The van der Waals surface area contributed by atoms with Crippen LogP contribution in [-0.2, 0) is 35.1 Å². The van der Waals surface area contributed by atoms with Crippen LogP contribution in [0.2, 0.25) is 0 Å². The van der Waals surface area contributed by atoms with Crippen molar-refractivity contribution in [2.75, 3.05) is 39.2 Å². The monoisotopic (exact) mass is 1010 g/mol. The van der Waals surface area contributed by atoms with Crippen molar-refractivity contribution in [3.8, 4) is 5.75 Å². The molecule has 1 aromatic carbocycles. The quantitative estimate of drug-likeness (QED) is 0.0258. The minimum absolute atomic E-state index is 0.0561. The minimum Gasteiger partial charge on any atom is -0.508 e. The Morgan fingerprint density at radius 3 is 2.41 bits per heavy atom. The van der Waals surface area contributed by atoms with E-state index in [4.69, 9.17) is 14.5 Å². The second-order valence-corrected chi connectivity index (χ2v) is 21.9. The zero-order valence-electron chi connectivity index (χ0n) is 41.6. The first-order valence-electron chi connectivity index (χ1n) is 24.4. The first-order valence-corrected chi connectivity index (χ1v) is 27.6. The van der Waals surface area contributed by atoms with Crippen LogP contribution in [0.3, 0.4) is 0 Å². The van der Waals surface area contributed by atoms with Crippen LogP contribution in [0.5, 0.6) is 5.75 Å². The molecule has 15 nitrogen and oxygen atoms in total. The maximum atomic E-state index is 14.8.